The minimum Gasteiger partial charge on any atom is -0.462 e. The molecule has 0 heterocycles. The van der Waals surface area contributed by atoms with Gasteiger partial charge in [0.25, 0.3) is 0 Å². The van der Waals surface area contributed by atoms with Crippen molar-refractivity contribution in [2.45, 2.75) is 277 Å². The second-order valence-electron chi connectivity index (χ2n) is 20.0. The van der Waals surface area contributed by atoms with E-state index in [0.717, 1.165) is 109 Å². The van der Waals surface area contributed by atoms with Gasteiger partial charge >= 0.3 is 11.9 Å². The summed E-state index contributed by atoms with van der Waals surface area (Å²) in [6.45, 7) is 4.03. The SMILES string of the molecule is CC/C=C\C/C=C\C/C=C\C/C=C\C/C=C\C/C=C\C/C=C\C/C=C\C/C=C\C/C=C\CCCCCCCCC(=O)OC(CO)COC(=O)CCCCCCCCCCCCC/C=C\CCCCCCCCCC. The van der Waals surface area contributed by atoms with Crippen LogP contribution in [-0.2, 0) is 19.1 Å². The molecule has 0 radical (unpaired) electrons. The Bertz CT molecular complexity index is 1530. The summed E-state index contributed by atoms with van der Waals surface area (Å²) in [6, 6.07) is 0. The van der Waals surface area contributed by atoms with Crippen LogP contribution in [0.25, 0.3) is 0 Å². The molecule has 1 unspecified atom stereocenters. The third-order valence-corrected chi connectivity index (χ3v) is 12.9. The van der Waals surface area contributed by atoms with Crippen LogP contribution in [0.1, 0.15) is 271 Å². The van der Waals surface area contributed by atoms with E-state index < -0.39 is 6.10 Å². The average Bonchev–Trinajstić information content (AvgIpc) is 3.40. The highest BCUT2D eigenvalue weighted by molar-refractivity contribution is 5.70. The number of rotatable bonds is 55. The summed E-state index contributed by atoms with van der Waals surface area (Å²) < 4.78 is 10.7. The molecule has 0 aromatic heterocycles. The third-order valence-electron chi connectivity index (χ3n) is 12.9. The maximum atomic E-state index is 12.3. The second-order valence-corrected chi connectivity index (χ2v) is 20.0. The van der Waals surface area contributed by atoms with E-state index in [2.05, 4.69) is 148 Å². The lowest BCUT2D eigenvalue weighted by Crippen LogP contribution is -2.28. The number of unbranched alkanes of at least 4 members (excludes halogenated alkanes) is 25. The molecule has 0 aliphatic rings. The standard InChI is InChI=1S/C69H114O5/c1-3-5-7-9-11-13-15-17-19-21-23-25-27-28-29-30-31-32-33-34-35-36-37-38-39-40-42-44-46-48-50-52-54-56-58-60-62-64-69(72)74-67(65-70)66-73-68(71)63-61-59-57-55-53-51-49-47-45-43-41-26-24-22-20-18-16-14-12-10-8-6-4-2/h5,7,11,13,17,19,22-25,28-29,31-32,34-35,37-38,40,42,46,48,67,70H,3-4,6,8-10,12,14-16,18,20-21,26-27,30,33,36,39,41,43-45,47,49-66H2,1-2H3/b7-5-,13-11-,19-17-,24-22-,25-23-,29-28-,32-31-,35-34-,38-37-,42-40-,48-46-. The summed E-state index contributed by atoms with van der Waals surface area (Å²) in [4.78, 5) is 24.6. The zero-order valence-corrected chi connectivity index (χ0v) is 48.1. The second kappa shape index (κ2) is 63.3. The Morgan fingerprint density at radius 1 is 0.324 bits per heavy atom. The Morgan fingerprint density at radius 3 is 0.892 bits per heavy atom. The Hall–Kier alpha value is -3.96. The molecular formula is C69H114O5. The fourth-order valence-electron chi connectivity index (χ4n) is 8.34. The van der Waals surface area contributed by atoms with Gasteiger partial charge in [-0.05, 0) is 116 Å². The first kappa shape index (κ1) is 70.0. The van der Waals surface area contributed by atoms with Crippen LogP contribution in [0.3, 0.4) is 0 Å². The van der Waals surface area contributed by atoms with Crippen molar-refractivity contribution in [2.75, 3.05) is 13.2 Å². The molecule has 0 fully saturated rings. The van der Waals surface area contributed by atoms with Crippen molar-refractivity contribution in [3.05, 3.63) is 134 Å². The van der Waals surface area contributed by atoms with Gasteiger partial charge < -0.3 is 14.6 Å². The van der Waals surface area contributed by atoms with Gasteiger partial charge in [0.05, 0.1) is 6.61 Å². The van der Waals surface area contributed by atoms with E-state index in [0.29, 0.717) is 12.8 Å². The zero-order chi connectivity index (χ0) is 53.4. The number of aliphatic hydroxyl groups is 1. The number of carbonyl (C=O) groups is 2. The lowest BCUT2D eigenvalue weighted by molar-refractivity contribution is -0.161. The highest BCUT2D eigenvalue weighted by Crippen LogP contribution is 2.15. The van der Waals surface area contributed by atoms with Crippen LogP contribution in [0, 0.1) is 0 Å². The van der Waals surface area contributed by atoms with E-state index in [1.165, 1.54) is 135 Å². The molecule has 0 aromatic rings. The van der Waals surface area contributed by atoms with Crippen molar-refractivity contribution in [3.8, 4) is 0 Å². The molecule has 1 atom stereocenters. The molecule has 1 N–H and O–H groups in total. The van der Waals surface area contributed by atoms with Crippen LogP contribution in [-0.4, -0.2) is 36.4 Å². The first-order valence-electron chi connectivity index (χ1n) is 30.7. The molecule has 5 heteroatoms. The lowest BCUT2D eigenvalue weighted by atomic mass is 10.0. The zero-order valence-electron chi connectivity index (χ0n) is 48.1. The number of hydrogen-bond acceptors (Lipinski definition) is 5. The molecule has 0 aromatic carbocycles. The van der Waals surface area contributed by atoms with Crippen LogP contribution in [0.5, 0.6) is 0 Å². The maximum absolute atomic E-state index is 12.3. The quantitative estimate of drug-likeness (QED) is 0.0373. The molecule has 420 valence electrons. The first-order valence-corrected chi connectivity index (χ1v) is 30.7. The van der Waals surface area contributed by atoms with Gasteiger partial charge in [0.2, 0.25) is 0 Å². The van der Waals surface area contributed by atoms with Crippen molar-refractivity contribution in [1.29, 1.82) is 0 Å². The summed E-state index contributed by atoms with van der Waals surface area (Å²) >= 11 is 0. The molecule has 0 aliphatic carbocycles. The van der Waals surface area contributed by atoms with Gasteiger partial charge in [-0.25, -0.2) is 0 Å². The number of allylic oxidation sites excluding steroid dienone is 22. The van der Waals surface area contributed by atoms with Crippen molar-refractivity contribution < 1.29 is 24.2 Å². The fraction of sp³-hybridized carbons (Fsp3) is 0.652. The van der Waals surface area contributed by atoms with Crippen molar-refractivity contribution in [2.24, 2.45) is 0 Å². The predicted molar refractivity (Wildman–Crippen MR) is 324 cm³/mol. The molecule has 74 heavy (non-hydrogen) atoms. The number of esters is 2. The summed E-state index contributed by atoms with van der Waals surface area (Å²) in [5.74, 6) is -0.610. The van der Waals surface area contributed by atoms with Crippen LogP contribution in [0.2, 0.25) is 0 Å². The monoisotopic (exact) mass is 1020 g/mol. The first-order chi connectivity index (χ1) is 36.6. The summed E-state index contributed by atoms with van der Waals surface area (Å²) in [6.07, 6.45) is 94.3. The van der Waals surface area contributed by atoms with Gasteiger partial charge in [-0.1, -0.05) is 276 Å². The molecule has 0 aliphatic heterocycles. The van der Waals surface area contributed by atoms with Crippen LogP contribution >= 0.6 is 0 Å². The van der Waals surface area contributed by atoms with Gasteiger partial charge in [0, 0.05) is 12.8 Å². The van der Waals surface area contributed by atoms with Gasteiger partial charge in [-0.3, -0.25) is 9.59 Å². The van der Waals surface area contributed by atoms with E-state index >= 15 is 0 Å². The van der Waals surface area contributed by atoms with Crippen LogP contribution < -0.4 is 0 Å². The Balaban J connectivity index is 3.60. The van der Waals surface area contributed by atoms with Gasteiger partial charge in [-0.15, -0.1) is 0 Å². The van der Waals surface area contributed by atoms with Gasteiger partial charge in [0.15, 0.2) is 6.10 Å². The highest BCUT2D eigenvalue weighted by atomic mass is 16.6. The van der Waals surface area contributed by atoms with E-state index in [-0.39, 0.29) is 25.2 Å². The van der Waals surface area contributed by atoms with E-state index in [4.69, 9.17) is 9.47 Å². The molecule has 0 spiro atoms. The minimum absolute atomic E-state index is 0.0784. The van der Waals surface area contributed by atoms with Crippen molar-refractivity contribution >= 4 is 11.9 Å². The van der Waals surface area contributed by atoms with Gasteiger partial charge in [-0.2, -0.15) is 0 Å². The molecule has 0 saturated carbocycles. The van der Waals surface area contributed by atoms with Crippen molar-refractivity contribution in [1.82, 2.24) is 0 Å². The van der Waals surface area contributed by atoms with Gasteiger partial charge in [0.1, 0.15) is 6.61 Å². The molecule has 0 bridgehead atoms. The number of aliphatic hydroxyl groups excluding tert-OH is 1. The summed E-state index contributed by atoms with van der Waals surface area (Å²) in [7, 11) is 0. The number of hydrogen-bond donors (Lipinski definition) is 1. The van der Waals surface area contributed by atoms with Crippen molar-refractivity contribution in [3.63, 3.8) is 0 Å². The average molecular weight is 1020 g/mol. The minimum atomic E-state index is -0.790. The Morgan fingerprint density at radius 2 is 0.581 bits per heavy atom. The topological polar surface area (TPSA) is 72.8 Å². The van der Waals surface area contributed by atoms with E-state index in [1.54, 1.807) is 0 Å². The summed E-state index contributed by atoms with van der Waals surface area (Å²) in [5.41, 5.74) is 0. The predicted octanol–water partition coefficient (Wildman–Crippen LogP) is 21.2. The number of ether oxygens (including phenoxy) is 2. The maximum Gasteiger partial charge on any atom is 0.306 e. The molecular weight excluding hydrogens is 909 g/mol. The number of carbonyl (C=O) groups excluding carboxylic acids is 2. The molecule has 0 amide bonds. The fourth-order valence-corrected chi connectivity index (χ4v) is 8.34. The van der Waals surface area contributed by atoms with E-state index in [1.807, 2.05) is 0 Å². The molecule has 5 nitrogen and oxygen atoms in total. The Kier molecular flexibility index (Phi) is 59.9. The highest BCUT2D eigenvalue weighted by Gasteiger charge is 2.16. The Labute approximate surface area is 457 Å². The van der Waals surface area contributed by atoms with Crippen LogP contribution in [0.4, 0.5) is 0 Å². The smallest absolute Gasteiger partial charge is 0.306 e. The lowest BCUT2D eigenvalue weighted by Gasteiger charge is -2.15. The molecule has 0 rings (SSSR count). The largest absolute Gasteiger partial charge is 0.462 e. The third kappa shape index (κ3) is 60.6. The summed E-state index contributed by atoms with van der Waals surface area (Å²) in [5, 5.41) is 9.67. The normalized spacial score (nSPS) is 13.2. The molecule has 0 saturated heterocycles. The van der Waals surface area contributed by atoms with E-state index in [9.17, 15) is 14.7 Å². The van der Waals surface area contributed by atoms with Crippen LogP contribution in [0.15, 0.2) is 134 Å².